The highest BCUT2D eigenvalue weighted by Crippen LogP contribution is 2.33. The molecule has 1 N–H and O–H groups in total. The zero-order valence-corrected chi connectivity index (χ0v) is 13.1. The van der Waals surface area contributed by atoms with Gasteiger partial charge in [-0.3, -0.25) is 9.69 Å². The van der Waals surface area contributed by atoms with Gasteiger partial charge < -0.3 is 14.6 Å². The summed E-state index contributed by atoms with van der Waals surface area (Å²) in [4.78, 5) is 25.4. The Morgan fingerprint density at radius 1 is 1.25 bits per heavy atom. The van der Waals surface area contributed by atoms with E-state index in [1.807, 2.05) is 20.8 Å². The molecule has 6 nitrogen and oxygen atoms in total. The van der Waals surface area contributed by atoms with Gasteiger partial charge in [0, 0.05) is 5.41 Å². The first-order valence-electron chi connectivity index (χ1n) is 6.74. The largest absolute Gasteiger partial charge is 0.444 e. The number of amides is 1. The first kappa shape index (κ1) is 16.9. The molecule has 0 aromatic rings. The van der Waals surface area contributed by atoms with Gasteiger partial charge in [0.15, 0.2) is 5.78 Å². The average molecular weight is 287 g/mol. The lowest BCUT2D eigenvalue weighted by atomic mass is 9.93. The fourth-order valence-corrected chi connectivity index (χ4v) is 2.06. The highest BCUT2D eigenvalue weighted by atomic mass is 16.6. The summed E-state index contributed by atoms with van der Waals surface area (Å²) in [5.41, 5.74) is -1.02. The topological polar surface area (TPSA) is 76.1 Å². The van der Waals surface area contributed by atoms with E-state index in [0.29, 0.717) is 0 Å². The molecule has 0 aromatic heterocycles. The summed E-state index contributed by atoms with van der Waals surface area (Å²) >= 11 is 0. The zero-order chi connectivity index (χ0) is 15.7. The van der Waals surface area contributed by atoms with E-state index in [2.05, 4.69) is 0 Å². The van der Waals surface area contributed by atoms with Gasteiger partial charge in [0.25, 0.3) is 0 Å². The molecular weight excluding hydrogens is 262 g/mol. The fourth-order valence-electron chi connectivity index (χ4n) is 2.06. The molecule has 1 saturated heterocycles. The third-order valence-corrected chi connectivity index (χ3v) is 2.87. The SMILES string of the molecule is CC(C)(C)OC(=O)N1[C@@H](C(=O)CO)CO[C@H]1C(C)(C)C. The van der Waals surface area contributed by atoms with Crippen molar-refractivity contribution in [3.8, 4) is 0 Å². The molecule has 0 aliphatic carbocycles. The second kappa shape index (κ2) is 5.69. The molecule has 0 saturated carbocycles. The molecule has 0 aromatic carbocycles. The van der Waals surface area contributed by atoms with Crippen LogP contribution >= 0.6 is 0 Å². The minimum absolute atomic E-state index is 0.0839. The third kappa shape index (κ3) is 3.93. The Labute approximate surface area is 120 Å². The van der Waals surface area contributed by atoms with Crippen LogP contribution in [0.5, 0.6) is 0 Å². The number of rotatable bonds is 2. The predicted molar refractivity (Wildman–Crippen MR) is 73.1 cm³/mol. The molecule has 1 rings (SSSR count). The van der Waals surface area contributed by atoms with Crippen LogP contribution in [0.15, 0.2) is 0 Å². The van der Waals surface area contributed by atoms with Crippen molar-refractivity contribution in [3.05, 3.63) is 0 Å². The lowest BCUT2D eigenvalue weighted by Gasteiger charge is -2.36. The summed E-state index contributed by atoms with van der Waals surface area (Å²) in [5.74, 6) is -0.442. The normalized spacial score (nSPS) is 23.9. The Hall–Kier alpha value is -1.14. The maximum Gasteiger partial charge on any atom is 0.413 e. The fraction of sp³-hybridized carbons (Fsp3) is 0.857. The number of ketones is 1. The van der Waals surface area contributed by atoms with Gasteiger partial charge in [0.1, 0.15) is 24.5 Å². The number of carbonyl (C=O) groups excluding carboxylic acids is 2. The van der Waals surface area contributed by atoms with Crippen molar-refractivity contribution in [1.82, 2.24) is 4.90 Å². The Bertz CT molecular complexity index is 380. The van der Waals surface area contributed by atoms with Crippen LogP contribution in [0.1, 0.15) is 41.5 Å². The lowest BCUT2D eigenvalue weighted by Crippen LogP contribution is -2.52. The number of ether oxygens (including phenoxy) is 2. The Morgan fingerprint density at radius 3 is 2.20 bits per heavy atom. The van der Waals surface area contributed by atoms with E-state index in [-0.39, 0.29) is 12.0 Å². The quantitative estimate of drug-likeness (QED) is 0.834. The van der Waals surface area contributed by atoms with E-state index < -0.39 is 36.4 Å². The first-order valence-corrected chi connectivity index (χ1v) is 6.74. The van der Waals surface area contributed by atoms with Gasteiger partial charge in [-0.05, 0) is 20.8 Å². The molecule has 116 valence electrons. The summed E-state index contributed by atoms with van der Waals surface area (Å²) < 4.78 is 10.9. The smallest absolute Gasteiger partial charge is 0.413 e. The van der Waals surface area contributed by atoms with Gasteiger partial charge in [-0.25, -0.2) is 4.79 Å². The molecule has 0 spiro atoms. The van der Waals surface area contributed by atoms with Crippen molar-refractivity contribution in [2.24, 2.45) is 5.41 Å². The molecular formula is C14H25NO5. The highest BCUT2D eigenvalue weighted by molar-refractivity contribution is 5.89. The van der Waals surface area contributed by atoms with Crippen LogP contribution in [0, 0.1) is 5.41 Å². The number of carbonyl (C=O) groups is 2. The van der Waals surface area contributed by atoms with E-state index in [0.717, 1.165) is 0 Å². The maximum atomic E-state index is 12.3. The summed E-state index contributed by atoms with van der Waals surface area (Å²) in [6, 6.07) is -0.793. The molecule has 0 unspecified atom stereocenters. The van der Waals surface area contributed by atoms with Gasteiger partial charge in [0.05, 0.1) is 6.61 Å². The molecule has 6 heteroatoms. The van der Waals surface area contributed by atoms with E-state index in [9.17, 15) is 9.59 Å². The molecule has 0 bridgehead atoms. The first-order chi connectivity index (χ1) is 8.97. The predicted octanol–water partition coefficient (Wildman–Crippen LogP) is 1.56. The van der Waals surface area contributed by atoms with Gasteiger partial charge in [-0.1, -0.05) is 20.8 Å². The van der Waals surface area contributed by atoms with Gasteiger partial charge in [-0.2, -0.15) is 0 Å². The second-order valence-corrected chi connectivity index (χ2v) is 7.08. The molecule has 1 fully saturated rings. The minimum Gasteiger partial charge on any atom is -0.444 e. The number of aliphatic hydroxyl groups excluding tert-OH is 1. The standard InChI is InChI=1S/C14H25NO5/c1-13(2,3)11-15(12(18)20-14(4,5)6)9(8-19-11)10(17)7-16/h9,11,16H,7-8H2,1-6H3/t9-,11+/m1/s1. The van der Waals surface area contributed by atoms with Crippen molar-refractivity contribution in [2.75, 3.05) is 13.2 Å². The highest BCUT2D eigenvalue weighted by Gasteiger charge is 2.48. The van der Waals surface area contributed by atoms with Crippen LogP contribution < -0.4 is 0 Å². The van der Waals surface area contributed by atoms with Crippen LogP contribution in [0.4, 0.5) is 4.79 Å². The molecule has 20 heavy (non-hydrogen) atoms. The summed E-state index contributed by atoms with van der Waals surface area (Å²) in [6.07, 6.45) is -1.15. The van der Waals surface area contributed by atoms with Crippen molar-refractivity contribution in [3.63, 3.8) is 0 Å². The minimum atomic E-state index is -0.793. The molecule has 1 heterocycles. The van der Waals surface area contributed by atoms with Gasteiger partial charge in [-0.15, -0.1) is 0 Å². The van der Waals surface area contributed by atoms with Gasteiger partial charge in [0.2, 0.25) is 0 Å². The Balaban J connectivity index is 3.02. The Morgan fingerprint density at radius 2 is 1.80 bits per heavy atom. The maximum absolute atomic E-state index is 12.3. The summed E-state index contributed by atoms with van der Waals surface area (Å²) in [5, 5.41) is 9.03. The number of hydrogen-bond acceptors (Lipinski definition) is 5. The summed E-state index contributed by atoms with van der Waals surface area (Å²) in [7, 11) is 0. The second-order valence-electron chi connectivity index (χ2n) is 7.08. The number of aliphatic hydroxyl groups is 1. The van der Waals surface area contributed by atoms with Crippen LogP contribution in [0.3, 0.4) is 0 Å². The van der Waals surface area contributed by atoms with Crippen LogP contribution in [-0.2, 0) is 14.3 Å². The van der Waals surface area contributed by atoms with E-state index >= 15 is 0 Å². The van der Waals surface area contributed by atoms with Crippen LogP contribution in [-0.4, -0.2) is 53.0 Å². The molecule has 1 aliphatic rings. The summed E-state index contributed by atoms with van der Waals surface area (Å²) in [6.45, 7) is 10.5. The number of Topliss-reactive ketones (excluding diaryl/α,β-unsaturated/α-hetero) is 1. The van der Waals surface area contributed by atoms with E-state index in [1.54, 1.807) is 20.8 Å². The number of hydrogen-bond donors (Lipinski definition) is 1. The van der Waals surface area contributed by atoms with Crippen molar-refractivity contribution < 1.29 is 24.2 Å². The average Bonchev–Trinajstić information content (AvgIpc) is 2.69. The number of nitrogens with zero attached hydrogens (tertiary/aromatic N) is 1. The van der Waals surface area contributed by atoms with Crippen molar-refractivity contribution in [2.45, 2.75) is 59.4 Å². The zero-order valence-electron chi connectivity index (χ0n) is 13.1. The van der Waals surface area contributed by atoms with Crippen LogP contribution in [0.25, 0.3) is 0 Å². The van der Waals surface area contributed by atoms with Crippen LogP contribution in [0.2, 0.25) is 0 Å². The third-order valence-electron chi connectivity index (χ3n) is 2.87. The molecule has 1 amide bonds. The molecule has 0 radical (unpaired) electrons. The van der Waals surface area contributed by atoms with Crippen molar-refractivity contribution in [1.29, 1.82) is 0 Å². The van der Waals surface area contributed by atoms with E-state index in [4.69, 9.17) is 14.6 Å². The molecule has 2 atom stereocenters. The van der Waals surface area contributed by atoms with E-state index in [1.165, 1.54) is 4.90 Å². The monoisotopic (exact) mass is 287 g/mol. The van der Waals surface area contributed by atoms with Gasteiger partial charge >= 0.3 is 6.09 Å². The Kier molecular flexibility index (Phi) is 4.82. The lowest BCUT2D eigenvalue weighted by molar-refractivity contribution is -0.126. The van der Waals surface area contributed by atoms with Crippen molar-refractivity contribution >= 4 is 11.9 Å². The molecule has 1 aliphatic heterocycles.